The molecule has 2 nitrogen and oxygen atoms in total. The highest BCUT2D eigenvalue weighted by molar-refractivity contribution is 7.07. The molecule has 0 saturated heterocycles. The SMILES string of the molecule is c1ccc2c(c1)CCN(Cc1cscn1)C2. The third-order valence-electron chi connectivity index (χ3n) is 3.08. The van der Waals surface area contributed by atoms with Crippen molar-refractivity contribution in [2.24, 2.45) is 0 Å². The number of benzene rings is 1. The Balaban J connectivity index is 1.73. The Morgan fingerprint density at radius 2 is 2.12 bits per heavy atom. The summed E-state index contributed by atoms with van der Waals surface area (Å²) in [6.07, 6.45) is 1.17. The van der Waals surface area contributed by atoms with Gasteiger partial charge in [0.05, 0.1) is 11.2 Å². The first-order chi connectivity index (χ1) is 7.92. The average molecular weight is 230 g/mol. The van der Waals surface area contributed by atoms with E-state index in [1.165, 1.54) is 23.2 Å². The van der Waals surface area contributed by atoms with Gasteiger partial charge in [0.1, 0.15) is 0 Å². The van der Waals surface area contributed by atoms with E-state index in [1.807, 2.05) is 5.51 Å². The van der Waals surface area contributed by atoms with E-state index in [-0.39, 0.29) is 0 Å². The van der Waals surface area contributed by atoms with Crippen molar-refractivity contribution in [3.05, 3.63) is 52.0 Å². The Bertz CT molecular complexity index is 465. The summed E-state index contributed by atoms with van der Waals surface area (Å²) in [7, 11) is 0. The maximum atomic E-state index is 4.34. The average Bonchev–Trinajstić information content (AvgIpc) is 2.82. The Labute approximate surface area is 99.6 Å². The molecule has 0 aliphatic carbocycles. The van der Waals surface area contributed by atoms with Crippen LogP contribution in [0.4, 0.5) is 0 Å². The number of thiazole rings is 1. The molecule has 0 spiro atoms. The number of rotatable bonds is 2. The van der Waals surface area contributed by atoms with Gasteiger partial charge < -0.3 is 0 Å². The number of nitrogens with zero attached hydrogens (tertiary/aromatic N) is 2. The zero-order valence-electron chi connectivity index (χ0n) is 9.10. The van der Waals surface area contributed by atoms with Crippen LogP contribution in [0.5, 0.6) is 0 Å². The molecular weight excluding hydrogens is 216 g/mol. The van der Waals surface area contributed by atoms with Crippen molar-refractivity contribution < 1.29 is 0 Å². The van der Waals surface area contributed by atoms with Crippen LogP contribution in [0.2, 0.25) is 0 Å². The van der Waals surface area contributed by atoms with Crippen LogP contribution in [0.25, 0.3) is 0 Å². The van der Waals surface area contributed by atoms with Crippen LogP contribution in [-0.4, -0.2) is 16.4 Å². The molecule has 0 amide bonds. The molecule has 1 aliphatic rings. The van der Waals surface area contributed by atoms with Crippen molar-refractivity contribution in [1.82, 2.24) is 9.88 Å². The van der Waals surface area contributed by atoms with Gasteiger partial charge in [0, 0.05) is 25.0 Å². The standard InChI is InChI=1S/C13H14N2S/c1-2-4-12-7-15(6-5-11(12)3-1)8-13-9-16-10-14-13/h1-4,9-10H,5-8H2. The van der Waals surface area contributed by atoms with Crippen molar-refractivity contribution >= 4 is 11.3 Å². The van der Waals surface area contributed by atoms with E-state index < -0.39 is 0 Å². The number of fused-ring (bicyclic) bond motifs is 1. The molecule has 2 heterocycles. The molecule has 0 saturated carbocycles. The van der Waals surface area contributed by atoms with Gasteiger partial charge in [-0.25, -0.2) is 4.98 Å². The van der Waals surface area contributed by atoms with Gasteiger partial charge in [-0.05, 0) is 17.5 Å². The lowest BCUT2D eigenvalue weighted by atomic mass is 10.00. The maximum Gasteiger partial charge on any atom is 0.0795 e. The molecule has 1 aromatic carbocycles. The van der Waals surface area contributed by atoms with Gasteiger partial charge >= 0.3 is 0 Å². The van der Waals surface area contributed by atoms with Crippen molar-refractivity contribution in [3.63, 3.8) is 0 Å². The van der Waals surface area contributed by atoms with Crippen molar-refractivity contribution in [2.75, 3.05) is 6.54 Å². The minimum Gasteiger partial charge on any atom is -0.293 e. The van der Waals surface area contributed by atoms with Crippen molar-refractivity contribution in [1.29, 1.82) is 0 Å². The summed E-state index contributed by atoms with van der Waals surface area (Å²) in [6, 6.07) is 8.75. The van der Waals surface area contributed by atoms with Crippen LogP contribution in [0.15, 0.2) is 35.2 Å². The zero-order valence-corrected chi connectivity index (χ0v) is 9.91. The van der Waals surface area contributed by atoms with E-state index in [9.17, 15) is 0 Å². The summed E-state index contributed by atoms with van der Waals surface area (Å²) < 4.78 is 0. The summed E-state index contributed by atoms with van der Waals surface area (Å²) in [5.74, 6) is 0. The molecule has 3 rings (SSSR count). The Morgan fingerprint density at radius 1 is 1.25 bits per heavy atom. The molecule has 0 fully saturated rings. The summed E-state index contributed by atoms with van der Waals surface area (Å²) >= 11 is 1.68. The molecule has 0 unspecified atom stereocenters. The van der Waals surface area contributed by atoms with Gasteiger partial charge in [0.25, 0.3) is 0 Å². The summed E-state index contributed by atoms with van der Waals surface area (Å²) in [5.41, 5.74) is 6.10. The highest BCUT2D eigenvalue weighted by Crippen LogP contribution is 2.19. The lowest BCUT2D eigenvalue weighted by Gasteiger charge is -2.27. The van der Waals surface area contributed by atoms with E-state index >= 15 is 0 Å². The normalized spacial score (nSPS) is 16.0. The second-order valence-electron chi connectivity index (χ2n) is 4.21. The van der Waals surface area contributed by atoms with Gasteiger partial charge in [-0.3, -0.25) is 4.90 Å². The minimum absolute atomic E-state index is 0.984. The highest BCUT2D eigenvalue weighted by atomic mass is 32.1. The van der Waals surface area contributed by atoms with E-state index in [4.69, 9.17) is 0 Å². The molecule has 0 N–H and O–H groups in total. The fraction of sp³-hybridized carbons (Fsp3) is 0.308. The largest absolute Gasteiger partial charge is 0.293 e. The highest BCUT2D eigenvalue weighted by Gasteiger charge is 2.15. The summed E-state index contributed by atoms with van der Waals surface area (Å²) in [5, 5.41) is 2.14. The van der Waals surface area contributed by atoms with Crippen LogP contribution in [0.3, 0.4) is 0 Å². The topological polar surface area (TPSA) is 16.1 Å². The number of hydrogen-bond donors (Lipinski definition) is 0. The first-order valence-corrected chi connectivity index (χ1v) is 6.52. The van der Waals surface area contributed by atoms with Crippen LogP contribution < -0.4 is 0 Å². The maximum absolute atomic E-state index is 4.34. The molecule has 0 atom stereocenters. The summed E-state index contributed by atoms with van der Waals surface area (Å²) in [4.78, 5) is 6.81. The molecule has 16 heavy (non-hydrogen) atoms. The van der Waals surface area contributed by atoms with Gasteiger partial charge in [-0.1, -0.05) is 24.3 Å². The summed E-state index contributed by atoms with van der Waals surface area (Å²) in [6.45, 7) is 3.19. The minimum atomic E-state index is 0.984. The molecule has 1 aliphatic heterocycles. The fourth-order valence-electron chi connectivity index (χ4n) is 2.23. The quantitative estimate of drug-likeness (QED) is 0.788. The number of hydrogen-bond acceptors (Lipinski definition) is 3. The zero-order chi connectivity index (χ0) is 10.8. The molecular formula is C13H14N2S. The monoisotopic (exact) mass is 230 g/mol. The van der Waals surface area contributed by atoms with Crippen LogP contribution in [-0.2, 0) is 19.5 Å². The Morgan fingerprint density at radius 3 is 2.94 bits per heavy atom. The lowest BCUT2D eigenvalue weighted by molar-refractivity contribution is 0.243. The molecule has 1 aromatic heterocycles. The first kappa shape index (κ1) is 10.00. The number of aromatic nitrogens is 1. The second kappa shape index (κ2) is 4.36. The molecule has 2 aromatic rings. The van der Waals surface area contributed by atoms with Gasteiger partial charge in [0.2, 0.25) is 0 Å². The Kier molecular flexibility index (Phi) is 2.72. The third-order valence-corrected chi connectivity index (χ3v) is 3.71. The third kappa shape index (κ3) is 2.01. The van der Waals surface area contributed by atoms with E-state index in [2.05, 4.69) is 39.5 Å². The molecule has 0 bridgehead atoms. The molecule has 3 heteroatoms. The smallest absolute Gasteiger partial charge is 0.0795 e. The van der Waals surface area contributed by atoms with Crippen molar-refractivity contribution in [2.45, 2.75) is 19.5 Å². The van der Waals surface area contributed by atoms with Crippen LogP contribution in [0, 0.1) is 0 Å². The lowest BCUT2D eigenvalue weighted by Crippen LogP contribution is -2.30. The molecule has 82 valence electrons. The Hall–Kier alpha value is -1.19. The molecule has 0 radical (unpaired) electrons. The fourth-order valence-corrected chi connectivity index (χ4v) is 2.78. The predicted molar refractivity (Wildman–Crippen MR) is 66.4 cm³/mol. The van der Waals surface area contributed by atoms with Crippen LogP contribution in [0.1, 0.15) is 16.8 Å². The van der Waals surface area contributed by atoms with E-state index in [0.717, 1.165) is 19.6 Å². The van der Waals surface area contributed by atoms with Crippen LogP contribution >= 0.6 is 11.3 Å². The van der Waals surface area contributed by atoms with E-state index in [1.54, 1.807) is 11.3 Å². The van der Waals surface area contributed by atoms with E-state index in [0.29, 0.717) is 0 Å². The van der Waals surface area contributed by atoms with Gasteiger partial charge in [-0.15, -0.1) is 11.3 Å². The van der Waals surface area contributed by atoms with Crippen molar-refractivity contribution in [3.8, 4) is 0 Å². The predicted octanol–water partition coefficient (Wildman–Crippen LogP) is 2.70. The van der Waals surface area contributed by atoms with Gasteiger partial charge in [0.15, 0.2) is 0 Å². The second-order valence-corrected chi connectivity index (χ2v) is 4.93. The first-order valence-electron chi connectivity index (χ1n) is 5.58. The van der Waals surface area contributed by atoms with Gasteiger partial charge in [-0.2, -0.15) is 0 Å².